The minimum absolute atomic E-state index is 0.306. The lowest BCUT2D eigenvalue weighted by Crippen LogP contribution is -1.95. The van der Waals surface area contributed by atoms with E-state index in [1.54, 1.807) is 12.3 Å². The second kappa shape index (κ2) is 4.53. The van der Waals surface area contributed by atoms with Gasteiger partial charge in [0.2, 0.25) is 0 Å². The van der Waals surface area contributed by atoms with Crippen LogP contribution in [0.15, 0.2) is 12.3 Å². The summed E-state index contributed by atoms with van der Waals surface area (Å²) in [4.78, 5) is 3.84. The molecule has 1 aromatic heterocycles. The van der Waals surface area contributed by atoms with Crippen molar-refractivity contribution >= 4 is 23.2 Å². The van der Waals surface area contributed by atoms with Gasteiger partial charge in [-0.05, 0) is 6.42 Å². The molecule has 0 radical (unpaired) electrons. The Kier molecular flexibility index (Phi) is 3.63. The second-order valence-electron chi connectivity index (χ2n) is 2.29. The number of nitrogens with zero attached hydrogens (tertiary/aromatic N) is 1. The highest BCUT2D eigenvalue weighted by Crippen LogP contribution is 2.23. The third-order valence-corrected chi connectivity index (χ3v) is 1.93. The van der Waals surface area contributed by atoms with Crippen molar-refractivity contribution < 1.29 is 4.74 Å². The molecule has 0 aliphatic heterocycles. The Labute approximate surface area is 81.5 Å². The van der Waals surface area contributed by atoms with Gasteiger partial charge in [-0.25, -0.2) is 4.98 Å². The molecule has 0 spiro atoms. The smallest absolute Gasteiger partial charge is 0.147 e. The molecule has 4 heteroatoms. The molecule has 0 saturated carbocycles. The third kappa shape index (κ3) is 2.54. The number of hydrogen-bond acceptors (Lipinski definition) is 2. The summed E-state index contributed by atoms with van der Waals surface area (Å²) in [5.74, 6) is 0.659. The maximum atomic E-state index is 5.72. The lowest BCUT2D eigenvalue weighted by molar-refractivity contribution is 0.316. The summed E-state index contributed by atoms with van der Waals surface area (Å²) in [6.07, 6.45) is 2.52. The van der Waals surface area contributed by atoms with Crippen molar-refractivity contribution in [2.75, 3.05) is 6.61 Å². The lowest BCUT2D eigenvalue weighted by atomic mass is 10.4. The molecule has 0 amide bonds. The molecule has 0 aromatic carbocycles. The van der Waals surface area contributed by atoms with Crippen LogP contribution in [0.4, 0.5) is 0 Å². The molecule has 0 saturated heterocycles. The van der Waals surface area contributed by atoms with Crippen LogP contribution < -0.4 is 4.74 Å². The first kappa shape index (κ1) is 9.62. The van der Waals surface area contributed by atoms with Crippen LogP contribution >= 0.6 is 23.2 Å². The molecule has 66 valence electrons. The molecule has 0 atom stereocenters. The fourth-order valence-electron chi connectivity index (χ4n) is 0.703. The average Bonchev–Trinajstić information content (AvgIpc) is 2.07. The van der Waals surface area contributed by atoms with E-state index in [2.05, 4.69) is 4.98 Å². The van der Waals surface area contributed by atoms with Gasteiger partial charge in [0.15, 0.2) is 0 Å². The first-order chi connectivity index (χ1) is 5.74. The standard InChI is InChI=1S/C8H9Cl2NO/c1-2-3-12-6-4-7(9)8(10)11-5-6/h4-5H,2-3H2,1H3. The van der Waals surface area contributed by atoms with E-state index in [9.17, 15) is 0 Å². The molecule has 0 unspecified atom stereocenters. The molecule has 1 rings (SSSR count). The van der Waals surface area contributed by atoms with Crippen molar-refractivity contribution in [1.82, 2.24) is 4.98 Å². The first-order valence-corrected chi connectivity index (χ1v) is 4.43. The molecule has 1 aromatic rings. The number of ether oxygens (including phenoxy) is 1. The Bertz CT molecular complexity index is 265. The normalized spacial score (nSPS) is 9.92. The summed E-state index contributed by atoms with van der Waals surface area (Å²) in [6, 6.07) is 1.66. The van der Waals surface area contributed by atoms with Gasteiger partial charge in [0, 0.05) is 6.07 Å². The molecular weight excluding hydrogens is 197 g/mol. The summed E-state index contributed by atoms with van der Waals surface area (Å²) in [5, 5.41) is 0.728. The van der Waals surface area contributed by atoms with E-state index in [0.717, 1.165) is 6.42 Å². The monoisotopic (exact) mass is 205 g/mol. The number of aromatic nitrogens is 1. The zero-order valence-corrected chi connectivity index (χ0v) is 8.19. The summed E-state index contributed by atoms with van der Waals surface area (Å²) in [5.41, 5.74) is 0. The van der Waals surface area contributed by atoms with Crippen LogP contribution in [0, 0.1) is 0 Å². The highest BCUT2D eigenvalue weighted by atomic mass is 35.5. The molecule has 0 aliphatic carbocycles. The Morgan fingerprint density at radius 2 is 2.25 bits per heavy atom. The quantitative estimate of drug-likeness (QED) is 0.708. The van der Waals surface area contributed by atoms with Gasteiger partial charge in [0.1, 0.15) is 10.9 Å². The number of hydrogen-bond donors (Lipinski definition) is 0. The first-order valence-electron chi connectivity index (χ1n) is 3.68. The molecule has 1 heterocycles. The second-order valence-corrected chi connectivity index (χ2v) is 3.06. The van der Waals surface area contributed by atoms with Crippen LogP contribution in [0.5, 0.6) is 5.75 Å². The van der Waals surface area contributed by atoms with Crippen LogP contribution in [-0.2, 0) is 0 Å². The van der Waals surface area contributed by atoms with E-state index in [-0.39, 0.29) is 0 Å². The fraction of sp³-hybridized carbons (Fsp3) is 0.375. The molecule has 0 aliphatic rings. The summed E-state index contributed by atoms with van der Waals surface area (Å²) < 4.78 is 5.29. The predicted molar refractivity (Wildman–Crippen MR) is 50.0 cm³/mol. The van der Waals surface area contributed by atoms with Crippen molar-refractivity contribution in [1.29, 1.82) is 0 Å². The minimum Gasteiger partial charge on any atom is -0.492 e. The van der Waals surface area contributed by atoms with Crippen molar-refractivity contribution in [3.8, 4) is 5.75 Å². The van der Waals surface area contributed by atoms with E-state index in [0.29, 0.717) is 22.5 Å². The maximum Gasteiger partial charge on any atom is 0.147 e. The van der Waals surface area contributed by atoms with E-state index in [1.807, 2.05) is 6.92 Å². The number of rotatable bonds is 3. The SMILES string of the molecule is CCCOc1cnc(Cl)c(Cl)c1. The Morgan fingerprint density at radius 1 is 1.50 bits per heavy atom. The average molecular weight is 206 g/mol. The molecule has 0 fully saturated rings. The van der Waals surface area contributed by atoms with Crippen molar-refractivity contribution in [2.45, 2.75) is 13.3 Å². The summed E-state index contributed by atoms with van der Waals surface area (Å²) >= 11 is 11.3. The highest BCUT2D eigenvalue weighted by molar-refractivity contribution is 6.41. The van der Waals surface area contributed by atoms with E-state index in [4.69, 9.17) is 27.9 Å². The van der Waals surface area contributed by atoms with Gasteiger partial charge < -0.3 is 4.74 Å². The van der Waals surface area contributed by atoms with E-state index < -0.39 is 0 Å². The van der Waals surface area contributed by atoms with Crippen molar-refractivity contribution in [2.24, 2.45) is 0 Å². The molecule has 12 heavy (non-hydrogen) atoms. The Balaban J connectivity index is 2.69. The van der Waals surface area contributed by atoms with E-state index in [1.165, 1.54) is 0 Å². The van der Waals surface area contributed by atoms with Gasteiger partial charge >= 0.3 is 0 Å². The Hall–Kier alpha value is -0.470. The highest BCUT2D eigenvalue weighted by Gasteiger charge is 2.00. The summed E-state index contributed by atoms with van der Waals surface area (Å²) in [7, 11) is 0. The van der Waals surface area contributed by atoms with Crippen LogP contribution in [0.2, 0.25) is 10.2 Å². The van der Waals surface area contributed by atoms with Crippen LogP contribution in [0.1, 0.15) is 13.3 Å². The summed E-state index contributed by atoms with van der Waals surface area (Å²) in [6.45, 7) is 2.70. The largest absolute Gasteiger partial charge is 0.492 e. The zero-order valence-electron chi connectivity index (χ0n) is 6.68. The Morgan fingerprint density at radius 3 is 2.83 bits per heavy atom. The minimum atomic E-state index is 0.306. The third-order valence-electron chi connectivity index (χ3n) is 1.24. The molecule has 2 nitrogen and oxygen atoms in total. The van der Waals surface area contributed by atoms with Crippen LogP contribution in [0.3, 0.4) is 0 Å². The van der Waals surface area contributed by atoms with Gasteiger partial charge in [-0.1, -0.05) is 30.1 Å². The predicted octanol–water partition coefficient (Wildman–Crippen LogP) is 3.18. The van der Waals surface area contributed by atoms with E-state index >= 15 is 0 Å². The molecular formula is C8H9Cl2NO. The topological polar surface area (TPSA) is 22.1 Å². The van der Waals surface area contributed by atoms with Crippen LogP contribution in [-0.4, -0.2) is 11.6 Å². The van der Waals surface area contributed by atoms with Gasteiger partial charge in [0.25, 0.3) is 0 Å². The number of halogens is 2. The van der Waals surface area contributed by atoms with Gasteiger partial charge in [-0.3, -0.25) is 0 Å². The lowest BCUT2D eigenvalue weighted by Gasteiger charge is -2.03. The number of pyridine rings is 1. The fourth-order valence-corrected chi connectivity index (χ4v) is 0.962. The van der Waals surface area contributed by atoms with Gasteiger partial charge in [-0.15, -0.1) is 0 Å². The van der Waals surface area contributed by atoms with Gasteiger partial charge in [-0.2, -0.15) is 0 Å². The van der Waals surface area contributed by atoms with Crippen molar-refractivity contribution in [3.05, 3.63) is 22.4 Å². The van der Waals surface area contributed by atoms with Gasteiger partial charge in [0.05, 0.1) is 17.8 Å². The zero-order chi connectivity index (χ0) is 8.97. The van der Waals surface area contributed by atoms with Crippen molar-refractivity contribution in [3.63, 3.8) is 0 Å². The maximum absolute atomic E-state index is 5.72. The molecule has 0 N–H and O–H groups in total. The van der Waals surface area contributed by atoms with Crippen LogP contribution in [0.25, 0.3) is 0 Å². The molecule has 0 bridgehead atoms.